The van der Waals surface area contributed by atoms with Crippen LogP contribution in [-0.2, 0) is 6.54 Å². The molecule has 0 radical (unpaired) electrons. The van der Waals surface area contributed by atoms with Crippen molar-refractivity contribution in [1.29, 1.82) is 0 Å². The SMILES string of the molecule is CNCc1cccc(Oc2nc(C)cc(C(C)C)n2)c1. The number of aryl methyl sites for hydroxylation is 1. The van der Waals surface area contributed by atoms with Crippen LogP contribution >= 0.6 is 0 Å². The van der Waals surface area contributed by atoms with Crippen LogP contribution in [0.15, 0.2) is 30.3 Å². The molecule has 0 bridgehead atoms. The second-order valence-electron chi connectivity index (χ2n) is 5.15. The first-order valence-corrected chi connectivity index (χ1v) is 6.85. The monoisotopic (exact) mass is 271 g/mol. The molecule has 0 aliphatic heterocycles. The predicted octanol–water partition coefficient (Wildman–Crippen LogP) is 3.42. The summed E-state index contributed by atoms with van der Waals surface area (Å²) in [5, 5.41) is 3.12. The molecule has 0 unspecified atom stereocenters. The van der Waals surface area contributed by atoms with E-state index in [2.05, 4.69) is 35.2 Å². The number of aromatic nitrogens is 2. The third-order valence-electron chi connectivity index (χ3n) is 2.93. The van der Waals surface area contributed by atoms with Crippen LogP contribution in [0, 0.1) is 6.92 Å². The number of hydrogen-bond acceptors (Lipinski definition) is 4. The minimum absolute atomic E-state index is 0.356. The van der Waals surface area contributed by atoms with Gasteiger partial charge < -0.3 is 10.1 Å². The van der Waals surface area contributed by atoms with E-state index in [1.807, 2.05) is 38.2 Å². The Balaban J connectivity index is 2.23. The average molecular weight is 271 g/mol. The Hall–Kier alpha value is -1.94. The van der Waals surface area contributed by atoms with E-state index in [9.17, 15) is 0 Å². The van der Waals surface area contributed by atoms with E-state index in [-0.39, 0.29) is 0 Å². The molecular formula is C16H21N3O. The maximum atomic E-state index is 5.79. The van der Waals surface area contributed by atoms with Gasteiger partial charge in [0.25, 0.3) is 0 Å². The van der Waals surface area contributed by atoms with E-state index in [0.29, 0.717) is 11.9 Å². The van der Waals surface area contributed by atoms with Crippen molar-refractivity contribution < 1.29 is 4.74 Å². The fraction of sp³-hybridized carbons (Fsp3) is 0.375. The molecule has 0 saturated heterocycles. The fourth-order valence-electron chi connectivity index (χ4n) is 1.93. The van der Waals surface area contributed by atoms with Gasteiger partial charge in [-0.15, -0.1) is 0 Å². The summed E-state index contributed by atoms with van der Waals surface area (Å²) < 4.78 is 5.79. The Morgan fingerprint density at radius 1 is 1.20 bits per heavy atom. The molecular weight excluding hydrogens is 250 g/mol. The molecule has 2 aromatic rings. The van der Waals surface area contributed by atoms with Crippen LogP contribution in [0.3, 0.4) is 0 Å². The normalized spacial score (nSPS) is 10.8. The van der Waals surface area contributed by atoms with Crippen molar-refractivity contribution in [3.05, 3.63) is 47.3 Å². The van der Waals surface area contributed by atoms with Crippen molar-refractivity contribution >= 4 is 0 Å². The molecule has 2 rings (SSSR count). The first-order chi connectivity index (χ1) is 9.58. The Labute approximate surface area is 120 Å². The van der Waals surface area contributed by atoms with Crippen LogP contribution in [0.4, 0.5) is 0 Å². The summed E-state index contributed by atoms with van der Waals surface area (Å²) in [6.45, 7) is 6.99. The second-order valence-corrected chi connectivity index (χ2v) is 5.15. The highest BCUT2D eigenvalue weighted by molar-refractivity contribution is 5.30. The lowest BCUT2D eigenvalue weighted by atomic mass is 10.1. The summed E-state index contributed by atoms with van der Waals surface area (Å²) in [4.78, 5) is 8.79. The summed E-state index contributed by atoms with van der Waals surface area (Å²) in [5.41, 5.74) is 3.09. The topological polar surface area (TPSA) is 47.0 Å². The summed E-state index contributed by atoms with van der Waals surface area (Å²) in [7, 11) is 1.92. The molecule has 0 aliphatic rings. The van der Waals surface area contributed by atoms with Gasteiger partial charge in [0.1, 0.15) is 5.75 Å². The number of nitrogens with zero attached hydrogens (tertiary/aromatic N) is 2. The molecule has 0 saturated carbocycles. The molecule has 1 aromatic carbocycles. The molecule has 0 atom stereocenters. The third-order valence-corrected chi connectivity index (χ3v) is 2.93. The van der Waals surface area contributed by atoms with Gasteiger partial charge >= 0.3 is 6.01 Å². The van der Waals surface area contributed by atoms with E-state index in [1.165, 1.54) is 5.56 Å². The molecule has 4 nitrogen and oxygen atoms in total. The van der Waals surface area contributed by atoms with Crippen molar-refractivity contribution in [2.75, 3.05) is 7.05 Å². The molecule has 0 spiro atoms. The van der Waals surface area contributed by atoms with E-state index in [4.69, 9.17) is 4.74 Å². The Kier molecular flexibility index (Phi) is 4.69. The van der Waals surface area contributed by atoms with Gasteiger partial charge in [-0.25, -0.2) is 4.98 Å². The van der Waals surface area contributed by atoms with Gasteiger partial charge in [0.15, 0.2) is 0 Å². The first-order valence-electron chi connectivity index (χ1n) is 6.85. The molecule has 106 valence electrons. The van der Waals surface area contributed by atoms with Gasteiger partial charge in [-0.2, -0.15) is 4.98 Å². The van der Waals surface area contributed by atoms with Gasteiger partial charge in [0, 0.05) is 12.2 Å². The molecule has 0 aliphatic carbocycles. The highest BCUT2D eigenvalue weighted by Crippen LogP contribution is 2.22. The van der Waals surface area contributed by atoms with Gasteiger partial charge in [-0.3, -0.25) is 0 Å². The zero-order chi connectivity index (χ0) is 14.5. The minimum atomic E-state index is 0.356. The second kappa shape index (κ2) is 6.48. The van der Waals surface area contributed by atoms with E-state index in [1.54, 1.807) is 0 Å². The summed E-state index contributed by atoms with van der Waals surface area (Å²) >= 11 is 0. The molecule has 4 heteroatoms. The highest BCUT2D eigenvalue weighted by atomic mass is 16.5. The predicted molar refractivity (Wildman–Crippen MR) is 80.1 cm³/mol. The number of hydrogen-bond donors (Lipinski definition) is 1. The highest BCUT2D eigenvalue weighted by Gasteiger charge is 2.08. The maximum Gasteiger partial charge on any atom is 0.322 e. The first kappa shape index (κ1) is 14.5. The number of nitrogens with one attached hydrogen (secondary N) is 1. The van der Waals surface area contributed by atoms with Gasteiger partial charge in [-0.05, 0) is 43.7 Å². The van der Waals surface area contributed by atoms with Gasteiger partial charge in [0.2, 0.25) is 0 Å². The Bertz CT molecular complexity index is 582. The Morgan fingerprint density at radius 2 is 2.00 bits per heavy atom. The third kappa shape index (κ3) is 3.78. The standard InChI is InChI=1S/C16H21N3O/c1-11(2)15-8-12(3)18-16(19-15)20-14-7-5-6-13(9-14)10-17-4/h5-9,11,17H,10H2,1-4H3. The zero-order valence-electron chi connectivity index (χ0n) is 12.5. The van der Waals surface area contributed by atoms with Crippen molar-refractivity contribution in [3.63, 3.8) is 0 Å². The number of benzene rings is 1. The van der Waals surface area contributed by atoms with Gasteiger partial charge in [-0.1, -0.05) is 26.0 Å². The number of ether oxygens (including phenoxy) is 1. The van der Waals surface area contributed by atoms with Crippen LogP contribution in [0.25, 0.3) is 0 Å². The van der Waals surface area contributed by atoms with E-state index >= 15 is 0 Å². The quantitative estimate of drug-likeness (QED) is 0.905. The average Bonchev–Trinajstić information content (AvgIpc) is 2.38. The van der Waals surface area contributed by atoms with Crippen LogP contribution in [0.1, 0.15) is 36.7 Å². The van der Waals surface area contributed by atoms with E-state index < -0.39 is 0 Å². The van der Waals surface area contributed by atoms with Crippen LogP contribution in [-0.4, -0.2) is 17.0 Å². The lowest BCUT2D eigenvalue weighted by Crippen LogP contribution is -2.05. The maximum absolute atomic E-state index is 5.79. The number of rotatable bonds is 5. The smallest absolute Gasteiger partial charge is 0.322 e. The van der Waals surface area contributed by atoms with Crippen molar-refractivity contribution in [1.82, 2.24) is 15.3 Å². The van der Waals surface area contributed by atoms with Crippen molar-refractivity contribution in [3.8, 4) is 11.8 Å². The lowest BCUT2D eigenvalue weighted by Gasteiger charge is -2.10. The van der Waals surface area contributed by atoms with Gasteiger partial charge in [0.05, 0.1) is 5.69 Å². The van der Waals surface area contributed by atoms with Crippen molar-refractivity contribution in [2.24, 2.45) is 0 Å². The molecule has 1 heterocycles. The zero-order valence-corrected chi connectivity index (χ0v) is 12.5. The fourth-order valence-corrected chi connectivity index (χ4v) is 1.93. The van der Waals surface area contributed by atoms with Crippen molar-refractivity contribution in [2.45, 2.75) is 33.2 Å². The minimum Gasteiger partial charge on any atom is -0.424 e. The summed E-state index contributed by atoms with van der Waals surface area (Å²) in [5.74, 6) is 1.12. The van der Waals surface area contributed by atoms with Crippen LogP contribution < -0.4 is 10.1 Å². The van der Waals surface area contributed by atoms with E-state index in [0.717, 1.165) is 23.7 Å². The summed E-state index contributed by atoms with van der Waals surface area (Å²) in [6, 6.07) is 10.4. The van der Waals surface area contributed by atoms with Crippen LogP contribution in [0.2, 0.25) is 0 Å². The molecule has 20 heavy (non-hydrogen) atoms. The van der Waals surface area contributed by atoms with Crippen LogP contribution in [0.5, 0.6) is 11.8 Å². The Morgan fingerprint density at radius 3 is 2.70 bits per heavy atom. The largest absolute Gasteiger partial charge is 0.424 e. The lowest BCUT2D eigenvalue weighted by molar-refractivity contribution is 0.436. The molecule has 0 fully saturated rings. The molecule has 1 aromatic heterocycles. The molecule has 0 amide bonds. The molecule has 1 N–H and O–H groups in total. The summed E-state index contributed by atoms with van der Waals surface area (Å²) in [6.07, 6.45) is 0.